The fraction of sp³-hybridized carbons (Fsp3) is 0.233. The summed E-state index contributed by atoms with van der Waals surface area (Å²) in [7, 11) is 0. The molecular weight excluding hydrogens is 468 g/mol. The van der Waals surface area contributed by atoms with E-state index in [2.05, 4.69) is 4.98 Å². The van der Waals surface area contributed by atoms with Crippen molar-refractivity contribution in [2.24, 2.45) is 0 Å². The summed E-state index contributed by atoms with van der Waals surface area (Å²) >= 11 is 0. The lowest BCUT2D eigenvalue weighted by molar-refractivity contribution is -1.07. The van der Waals surface area contributed by atoms with Crippen molar-refractivity contribution < 1.29 is 28.6 Å². The van der Waals surface area contributed by atoms with Crippen LogP contribution in [0.25, 0.3) is 11.5 Å². The van der Waals surface area contributed by atoms with E-state index in [1.807, 2.05) is 85.8 Å². The maximum Gasteiger partial charge on any atom is 0.366 e. The standard InChI is InChI=1S/C30H28N2O5/c1-21-11-13-22(14-12-21)17-28(33)32(19-25-10-6-5-9-24(25)18-27(32)30(34)35)37-16-15-26-20-36-29(31-26)23-7-3-2-4-8-23/h2-14,20,27H,15-19H2,1H3/p+1. The first-order valence-corrected chi connectivity index (χ1v) is 12.4. The Balaban J connectivity index is 1.41. The van der Waals surface area contributed by atoms with Crippen LogP contribution in [0.5, 0.6) is 0 Å². The minimum atomic E-state index is -1.06. The number of carbonyl (C=O) groups is 2. The largest absolute Gasteiger partial charge is 0.477 e. The van der Waals surface area contributed by atoms with Gasteiger partial charge in [-0.1, -0.05) is 72.3 Å². The number of hydrogen-bond acceptors (Lipinski definition) is 5. The Morgan fingerprint density at radius 1 is 1.00 bits per heavy atom. The summed E-state index contributed by atoms with van der Waals surface area (Å²) in [6, 6.07) is 23.9. The van der Waals surface area contributed by atoms with Gasteiger partial charge in [0.25, 0.3) is 0 Å². The van der Waals surface area contributed by atoms with Gasteiger partial charge in [0.05, 0.1) is 12.1 Å². The highest BCUT2D eigenvalue weighted by Crippen LogP contribution is 2.33. The Morgan fingerprint density at radius 2 is 1.70 bits per heavy atom. The molecule has 1 N–H and O–H groups in total. The number of nitrogens with zero attached hydrogens (tertiary/aromatic N) is 2. The van der Waals surface area contributed by atoms with E-state index in [1.54, 1.807) is 6.26 Å². The van der Waals surface area contributed by atoms with E-state index in [-0.39, 0.29) is 31.9 Å². The molecule has 1 aliphatic heterocycles. The van der Waals surface area contributed by atoms with Gasteiger partial charge in [-0.15, -0.1) is 4.65 Å². The zero-order chi connectivity index (χ0) is 25.8. The number of aliphatic carboxylic acids is 1. The summed E-state index contributed by atoms with van der Waals surface area (Å²) in [6.07, 6.45) is 2.24. The van der Waals surface area contributed by atoms with Crippen molar-refractivity contribution >= 4 is 11.9 Å². The molecule has 2 heterocycles. The molecule has 0 aliphatic carbocycles. The number of amides is 1. The molecule has 1 aliphatic rings. The third kappa shape index (κ3) is 5.23. The highest BCUT2D eigenvalue weighted by atomic mass is 16.7. The maximum absolute atomic E-state index is 13.9. The van der Waals surface area contributed by atoms with Crippen LogP contribution in [0.2, 0.25) is 0 Å². The molecule has 0 bridgehead atoms. The van der Waals surface area contributed by atoms with Crippen LogP contribution in [0.3, 0.4) is 0 Å². The smallest absolute Gasteiger partial charge is 0.366 e. The van der Waals surface area contributed by atoms with Gasteiger partial charge in [-0.2, -0.15) is 4.84 Å². The monoisotopic (exact) mass is 497 g/mol. The second kappa shape index (κ2) is 10.5. The van der Waals surface area contributed by atoms with Crippen molar-refractivity contribution in [2.75, 3.05) is 6.61 Å². The molecule has 7 nitrogen and oxygen atoms in total. The molecule has 2 unspecified atom stereocenters. The quantitative estimate of drug-likeness (QED) is 0.348. The SMILES string of the molecule is Cc1ccc(CC(=O)[N+]2(OCCc3coc(-c4ccccc4)n3)Cc3ccccc3CC2C(=O)O)cc1. The van der Waals surface area contributed by atoms with Gasteiger partial charge in [-0.05, 0) is 30.2 Å². The second-order valence-corrected chi connectivity index (χ2v) is 9.43. The molecule has 4 aromatic rings. The number of hydroxylamine groups is 3. The summed E-state index contributed by atoms with van der Waals surface area (Å²) in [4.78, 5) is 37.2. The van der Waals surface area contributed by atoms with Crippen LogP contribution in [0.4, 0.5) is 0 Å². The third-order valence-corrected chi connectivity index (χ3v) is 6.88. The molecule has 7 heteroatoms. The number of aromatic nitrogens is 1. The lowest BCUT2D eigenvalue weighted by Gasteiger charge is -2.41. The highest BCUT2D eigenvalue weighted by molar-refractivity contribution is 5.79. The lowest BCUT2D eigenvalue weighted by Crippen LogP contribution is -2.64. The third-order valence-electron chi connectivity index (χ3n) is 6.88. The highest BCUT2D eigenvalue weighted by Gasteiger charge is 2.53. The minimum absolute atomic E-state index is 0.0777. The van der Waals surface area contributed by atoms with Gasteiger partial charge < -0.3 is 9.52 Å². The first-order valence-electron chi connectivity index (χ1n) is 12.4. The Hall–Kier alpha value is -4.07. The van der Waals surface area contributed by atoms with Gasteiger partial charge in [0.15, 0.2) is 0 Å². The second-order valence-electron chi connectivity index (χ2n) is 9.43. The van der Waals surface area contributed by atoms with Gasteiger partial charge in [0.1, 0.15) is 19.4 Å². The van der Waals surface area contributed by atoms with Crippen LogP contribution in [0, 0.1) is 6.92 Å². The van der Waals surface area contributed by atoms with E-state index in [0.717, 1.165) is 27.8 Å². The Kier molecular flexibility index (Phi) is 6.99. The number of carboxylic acid groups (broad SMARTS) is 1. The number of carbonyl (C=O) groups excluding carboxylic acids is 1. The predicted molar refractivity (Wildman–Crippen MR) is 137 cm³/mol. The minimum Gasteiger partial charge on any atom is -0.477 e. The average molecular weight is 498 g/mol. The molecule has 0 radical (unpaired) electrons. The average Bonchev–Trinajstić information content (AvgIpc) is 3.39. The number of aryl methyl sites for hydroxylation is 1. The van der Waals surface area contributed by atoms with E-state index in [1.165, 1.54) is 0 Å². The number of fused-ring (bicyclic) bond motifs is 1. The Labute approximate surface area is 215 Å². The molecule has 5 rings (SSSR count). The number of rotatable bonds is 8. The van der Waals surface area contributed by atoms with E-state index in [0.29, 0.717) is 18.0 Å². The van der Waals surface area contributed by atoms with Crippen LogP contribution in [0.1, 0.15) is 27.9 Å². The number of quaternary nitrogens is 1. The molecule has 1 aromatic heterocycles. The normalized spacial score (nSPS) is 18.8. The van der Waals surface area contributed by atoms with Crippen molar-refractivity contribution in [3.8, 4) is 11.5 Å². The Bertz CT molecular complexity index is 1400. The zero-order valence-electron chi connectivity index (χ0n) is 20.7. The van der Waals surface area contributed by atoms with Crippen LogP contribution in [-0.2, 0) is 40.2 Å². The van der Waals surface area contributed by atoms with Crippen molar-refractivity contribution in [2.45, 2.75) is 38.8 Å². The van der Waals surface area contributed by atoms with Gasteiger partial charge in [-0.25, -0.2) is 14.6 Å². The summed E-state index contributed by atoms with van der Waals surface area (Å²) in [5, 5.41) is 10.2. The van der Waals surface area contributed by atoms with E-state index in [9.17, 15) is 14.7 Å². The van der Waals surface area contributed by atoms with E-state index < -0.39 is 16.7 Å². The van der Waals surface area contributed by atoms with Crippen molar-refractivity contribution in [3.63, 3.8) is 0 Å². The molecule has 0 saturated heterocycles. The first-order chi connectivity index (χ1) is 17.9. The van der Waals surface area contributed by atoms with Gasteiger partial charge in [0, 0.05) is 24.0 Å². The van der Waals surface area contributed by atoms with Crippen LogP contribution >= 0.6 is 0 Å². The number of benzene rings is 3. The molecule has 3 aromatic carbocycles. The summed E-state index contributed by atoms with van der Waals surface area (Å²) in [5.74, 6) is -0.833. The van der Waals surface area contributed by atoms with Gasteiger partial charge in [-0.3, -0.25) is 0 Å². The summed E-state index contributed by atoms with van der Waals surface area (Å²) in [5.41, 5.74) is 5.31. The lowest BCUT2D eigenvalue weighted by atomic mass is 9.92. The molecule has 2 atom stereocenters. The van der Waals surface area contributed by atoms with E-state index >= 15 is 0 Å². The summed E-state index contributed by atoms with van der Waals surface area (Å²) in [6.45, 7) is 2.26. The predicted octanol–water partition coefficient (Wildman–Crippen LogP) is 4.92. The van der Waals surface area contributed by atoms with Crippen LogP contribution < -0.4 is 0 Å². The fourth-order valence-electron chi connectivity index (χ4n) is 4.83. The number of carboxylic acids is 1. The first kappa shape index (κ1) is 24.6. The fourth-order valence-corrected chi connectivity index (χ4v) is 4.83. The van der Waals surface area contributed by atoms with Crippen LogP contribution in [-0.4, -0.2) is 39.3 Å². The van der Waals surface area contributed by atoms with Gasteiger partial charge in [0.2, 0.25) is 11.9 Å². The number of oxazole rings is 1. The molecule has 188 valence electrons. The Morgan fingerprint density at radius 3 is 2.43 bits per heavy atom. The van der Waals surface area contributed by atoms with Crippen molar-refractivity contribution in [1.29, 1.82) is 0 Å². The molecule has 0 fully saturated rings. The van der Waals surface area contributed by atoms with Crippen molar-refractivity contribution in [3.05, 3.63) is 113 Å². The maximum atomic E-state index is 13.9. The number of hydrogen-bond donors (Lipinski definition) is 1. The molecule has 0 saturated carbocycles. The van der Waals surface area contributed by atoms with Crippen LogP contribution in [0.15, 0.2) is 89.5 Å². The van der Waals surface area contributed by atoms with Gasteiger partial charge >= 0.3 is 11.9 Å². The molecule has 0 spiro atoms. The molecule has 37 heavy (non-hydrogen) atoms. The molecular formula is C30H29N2O5+. The summed E-state index contributed by atoms with van der Waals surface area (Å²) < 4.78 is 5.03. The van der Waals surface area contributed by atoms with E-state index in [4.69, 9.17) is 9.25 Å². The molecule has 1 amide bonds. The topological polar surface area (TPSA) is 89.6 Å². The van der Waals surface area contributed by atoms with Crippen molar-refractivity contribution in [1.82, 2.24) is 4.98 Å². The zero-order valence-corrected chi connectivity index (χ0v) is 20.7.